The smallest absolute Gasteiger partial charge is 0.460 e. The van der Waals surface area contributed by atoms with Gasteiger partial charge in [-0.05, 0) is 12.8 Å². The minimum atomic E-state index is -8.58. The minimum absolute atomic E-state index is 0. The molecule has 1 aromatic rings. The van der Waals surface area contributed by atoms with Crippen LogP contribution in [0.25, 0.3) is 0 Å². The van der Waals surface area contributed by atoms with Gasteiger partial charge >= 0.3 is 47.6 Å². The highest BCUT2D eigenvalue weighted by Gasteiger charge is 2.95. The Labute approximate surface area is 245 Å². The van der Waals surface area contributed by atoms with Gasteiger partial charge in [0.1, 0.15) is 6.54 Å². The van der Waals surface area contributed by atoms with Crippen molar-refractivity contribution in [2.75, 3.05) is 0 Å². The number of unbranched alkanes of at least 4 members (excludes halogenated alkanes) is 8. The molecule has 0 aliphatic heterocycles. The number of alkyl halides is 17. The summed E-state index contributed by atoms with van der Waals surface area (Å²) in [4.78, 5) is 0. The van der Waals surface area contributed by atoms with E-state index in [0.717, 1.165) is 25.8 Å². The third-order valence-electron chi connectivity index (χ3n) is 6.47. The van der Waals surface area contributed by atoms with Gasteiger partial charge < -0.3 is 17.0 Å². The predicted octanol–water partition coefficient (Wildman–Crippen LogP) is 6.89. The van der Waals surface area contributed by atoms with Crippen molar-refractivity contribution in [1.29, 1.82) is 0 Å². The van der Waals surface area contributed by atoms with Crippen LogP contribution in [0.4, 0.5) is 74.6 Å². The Morgan fingerprint density at radius 3 is 1.09 bits per heavy atom. The molecule has 0 amide bonds. The van der Waals surface area contributed by atoms with E-state index in [1.165, 1.54) is 0 Å². The van der Waals surface area contributed by atoms with Crippen LogP contribution < -0.4 is 21.5 Å². The normalized spacial score (nSPS) is 14.5. The highest BCUT2D eigenvalue weighted by molar-refractivity contribution is 5.15. The van der Waals surface area contributed by atoms with Gasteiger partial charge in [-0.1, -0.05) is 44.6 Å². The highest BCUT2D eigenvalue weighted by atomic mass is 79.9. The molecule has 43 heavy (non-hydrogen) atoms. The van der Waals surface area contributed by atoms with Gasteiger partial charge in [-0.25, -0.2) is 4.57 Å². The fraction of sp³-hybridized carbons (Fsp3) is 0.792. The maximum atomic E-state index is 13.9. The van der Waals surface area contributed by atoms with E-state index < -0.39 is 60.5 Å². The standard InChI is InChI=1S/C24H27F17N.BrH/c25-17(26,13-9-6-4-2-1-3-5-7-10-14-42-15-11-8-12-16-42)18(27,28)19(29,30)20(31,32)21(33,34)22(35,36)23(37,38)24(39,40)41;/h8,11-12,15-16H,1-7,9-10,13-14H2;1H/q+1;/p-1. The Bertz CT molecular complexity index is 964. The molecule has 0 fully saturated rings. The van der Waals surface area contributed by atoms with Gasteiger partial charge in [-0.15, -0.1) is 0 Å². The summed E-state index contributed by atoms with van der Waals surface area (Å²) in [6.07, 6.45) is -3.58. The lowest BCUT2D eigenvalue weighted by Crippen LogP contribution is -3.00. The summed E-state index contributed by atoms with van der Waals surface area (Å²) in [6, 6.07) is 5.55. The number of aryl methyl sites for hydroxylation is 1. The first-order valence-electron chi connectivity index (χ1n) is 12.5. The number of halogens is 18. The molecule has 0 aliphatic carbocycles. The predicted molar refractivity (Wildman–Crippen MR) is 113 cm³/mol. The summed E-state index contributed by atoms with van der Waals surface area (Å²) in [5, 5.41) is 0. The Balaban J connectivity index is 0.0000176. The molecule has 0 saturated carbocycles. The lowest BCUT2D eigenvalue weighted by Gasteiger charge is -2.42. The van der Waals surface area contributed by atoms with E-state index in [4.69, 9.17) is 0 Å². The Morgan fingerprint density at radius 1 is 0.372 bits per heavy atom. The van der Waals surface area contributed by atoms with Gasteiger partial charge in [0.25, 0.3) is 0 Å². The fourth-order valence-electron chi connectivity index (χ4n) is 3.82. The quantitative estimate of drug-likeness (QED) is 0.0881. The average Bonchev–Trinajstić information content (AvgIpc) is 2.86. The second-order valence-electron chi connectivity index (χ2n) is 9.69. The molecule has 0 aromatic carbocycles. The lowest BCUT2D eigenvalue weighted by molar-refractivity contribution is -0.697. The number of nitrogens with zero attached hydrogens (tertiary/aromatic N) is 1. The van der Waals surface area contributed by atoms with E-state index in [-0.39, 0.29) is 29.8 Å². The Morgan fingerprint density at radius 2 is 0.698 bits per heavy atom. The molecule has 0 radical (unpaired) electrons. The van der Waals surface area contributed by atoms with Crippen molar-refractivity contribution in [3.8, 4) is 0 Å². The van der Waals surface area contributed by atoms with E-state index in [9.17, 15) is 74.6 Å². The summed E-state index contributed by atoms with van der Waals surface area (Å²) < 4.78 is 228. The van der Waals surface area contributed by atoms with E-state index in [1.807, 2.05) is 35.2 Å². The molecular formula is C24H27BrF17N. The van der Waals surface area contributed by atoms with Crippen LogP contribution in [0.5, 0.6) is 0 Å². The zero-order chi connectivity index (χ0) is 32.9. The summed E-state index contributed by atoms with van der Waals surface area (Å²) >= 11 is 0. The third kappa shape index (κ3) is 8.38. The van der Waals surface area contributed by atoms with Gasteiger partial charge in [0, 0.05) is 25.0 Å². The molecule has 1 rings (SSSR count). The molecule has 0 unspecified atom stereocenters. The molecule has 1 aromatic heterocycles. The van der Waals surface area contributed by atoms with Crippen molar-refractivity contribution < 1.29 is 96.2 Å². The Kier molecular flexibility index (Phi) is 14.2. The molecule has 1 nitrogen and oxygen atoms in total. The fourth-order valence-corrected chi connectivity index (χ4v) is 3.82. The van der Waals surface area contributed by atoms with Crippen LogP contribution >= 0.6 is 0 Å². The van der Waals surface area contributed by atoms with Crippen molar-refractivity contribution in [1.82, 2.24) is 0 Å². The first-order chi connectivity index (χ1) is 18.8. The Hall–Kier alpha value is -1.56. The maximum Gasteiger partial charge on any atom is 0.460 e. The van der Waals surface area contributed by atoms with E-state index in [1.54, 1.807) is 0 Å². The van der Waals surface area contributed by atoms with Gasteiger partial charge in [0.2, 0.25) is 0 Å². The minimum Gasteiger partial charge on any atom is -1.00 e. The molecule has 0 atom stereocenters. The van der Waals surface area contributed by atoms with Crippen molar-refractivity contribution >= 4 is 0 Å². The number of pyridine rings is 1. The van der Waals surface area contributed by atoms with E-state index >= 15 is 0 Å². The van der Waals surface area contributed by atoms with Gasteiger partial charge in [0.15, 0.2) is 12.4 Å². The molecular weight excluding hydrogens is 705 g/mol. The van der Waals surface area contributed by atoms with Gasteiger partial charge in [0.05, 0.1) is 0 Å². The second kappa shape index (κ2) is 14.7. The van der Waals surface area contributed by atoms with Crippen LogP contribution in [-0.2, 0) is 6.54 Å². The van der Waals surface area contributed by atoms with E-state index in [2.05, 4.69) is 0 Å². The number of rotatable bonds is 18. The van der Waals surface area contributed by atoms with Crippen LogP contribution in [0.1, 0.15) is 64.2 Å². The molecule has 0 N–H and O–H groups in total. The van der Waals surface area contributed by atoms with Crippen molar-refractivity contribution in [2.45, 2.75) is 118 Å². The first-order valence-corrected chi connectivity index (χ1v) is 12.5. The second-order valence-corrected chi connectivity index (χ2v) is 9.69. The number of aromatic nitrogens is 1. The van der Waals surface area contributed by atoms with E-state index in [0.29, 0.717) is 19.3 Å². The summed E-state index contributed by atoms with van der Waals surface area (Å²) in [6.45, 7) is 0.769. The molecule has 19 heteroatoms. The molecule has 0 saturated heterocycles. The largest absolute Gasteiger partial charge is 1.00 e. The number of hydrogen-bond donors (Lipinski definition) is 0. The van der Waals surface area contributed by atoms with Gasteiger partial charge in [-0.2, -0.15) is 74.6 Å². The monoisotopic (exact) mass is 731 g/mol. The van der Waals surface area contributed by atoms with Crippen LogP contribution in [0.15, 0.2) is 30.6 Å². The van der Waals surface area contributed by atoms with Crippen LogP contribution in [0.2, 0.25) is 0 Å². The number of hydrogen-bond acceptors (Lipinski definition) is 0. The molecule has 0 aliphatic rings. The van der Waals surface area contributed by atoms with Crippen molar-refractivity contribution in [3.05, 3.63) is 30.6 Å². The van der Waals surface area contributed by atoms with Crippen LogP contribution in [-0.4, -0.2) is 47.6 Å². The third-order valence-corrected chi connectivity index (χ3v) is 6.47. The highest BCUT2D eigenvalue weighted by Crippen LogP contribution is 2.64. The maximum absolute atomic E-state index is 13.9. The molecule has 1 heterocycles. The molecule has 0 bridgehead atoms. The molecule has 0 spiro atoms. The summed E-state index contributed by atoms with van der Waals surface area (Å²) in [5.41, 5.74) is 0. The van der Waals surface area contributed by atoms with Crippen LogP contribution in [0, 0.1) is 0 Å². The summed E-state index contributed by atoms with van der Waals surface area (Å²) in [7, 11) is 0. The lowest BCUT2D eigenvalue weighted by atomic mass is 9.87. The van der Waals surface area contributed by atoms with Crippen molar-refractivity contribution in [3.63, 3.8) is 0 Å². The molecule has 254 valence electrons. The SMILES string of the molecule is FC(F)(F)C(F)(F)C(F)(F)C(F)(F)C(F)(F)C(F)(F)C(F)(F)C(F)(F)CCCCCCCCCCC[n+]1ccccc1.[Br-]. The first kappa shape index (κ1) is 41.4. The van der Waals surface area contributed by atoms with Crippen LogP contribution in [0.3, 0.4) is 0 Å². The zero-order valence-corrected chi connectivity index (χ0v) is 23.5. The van der Waals surface area contributed by atoms with Gasteiger partial charge in [-0.3, -0.25) is 0 Å². The summed E-state index contributed by atoms with van der Waals surface area (Å²) in [5.74, 6) is -55.8. The average molecular weight is 732 g/mol. The topological polar surface area (TPSA) is 3.88 Å². The van der Waals surface area contributed by atoms with Crippen molar-refractivity contribution in [2.24, 2.45) is 0 Å². The zero-order valence-electron chi connectivity index (χ0n) is 21.9.